The van der Waals surface area contributed by atoms with Crippen molar-refractivity contribution in [3.05, 3.63) is 0 Å². The first kappa shape index (κ1) is 12.8. The van der Waals surface area contributed by atoms with Gasteiger partial charge in [-0.2, -0.15) is 0 Å². The van der Waals surface area contributed by atoms with Gasteiger partial charge in [0.25, 0.3) is 5.91 Å². The molecule has 98 valence electrons. The Balaban J connectivity index is 1.90. The highest BCUT2D eigenvalue weighted by molar-refractivity contribution is 5.85. The van der Waals surface area contributed by atoms with Crippen LogP contribution < -0.4 is 5.73 Å². The summed E-state index contributed by atoms with van der Waals surface area (Å²) in [5, 5.41) is 0. The lowest BCUT2D eigenvalue weighted by Crippen LogP contribution is -2.50. The number of rotatable bonds is 2. The van der Waals surface area contributed by atoms with Crippen LogP contribution in [0.3, 0.4) is 0 Å². The Hall–Kier alpha value is -0.610. The van der Waals surface area contributed by atoms with E-state index < -0.39 is 5.60 Å². The maximum absolute atomic E-state index is 12.4. The second-order valence-corrected chi connectivity index (χ2v) is 5.67. The third-order valence-electron chi connectivity index (χ3n) is 4.24. The average Bonchev–Trinajstić information content (AvgIpc) is 2.76. The molecule has 2 saturated heterocycles. The van der Waals surface area contributed by atoms with E-state index >= 15 is 0 Å². The van der Waals surface area contributed by atoms with Crippen LogP contribution in [0, 0.1) is 5.92 Å². The molecule has 2 rings (SSSR count). The fourth-order valence-corrected chi connectivity index (χ4v) is 2.91. The molecular weight excluding hydrogens is 216 g/mol. The van der Waals surface area contributed by atoms with Crippen LogP contribution in [0.15, 0.2) is 0 Å². The highest BCUT2D eigenvalue weighted by atomic mass is 16.5. The molecule has 2 fully saturated rings. The zero-order valence-electron chi connectivity index (χ0n) is 10.9. The van der Waals surface area contributed by atoms with Crippen molar-refractivity contribution in [2.45, 2.75) is 51.2 Å². The molecule has 0 aromatic carbocycles. The number of nitrogens with zero attached hydrogens (tertiary/aromatic N) is 1. The lowest BCUT2D eigenvalue weighted by Gasteiger charge is -2.37. The molecule has 2 atom stereocenters. The Bertz CT molecular complexity index is 277. The molecule has 0 radical (unpaired) electrons. The number of hydrogen-bond acceptors (Lipinski definition) is 3. The monoisotopic (exact) mass is 240 g/mol. The summed E-state index contributed by atoms with van der Waals surface area (Å²) in [6, 6.07) is 0.241. The van der Waals surface area contributed by atoms with E-state index in [1.165, 1.54) is 0 Å². The molecule has 2 unspecified atom stereocenters. The van der Waals surface area contributed by atoms with Crippen LogP contribution in [0.25, 0.3) is 0 Å². The van der Waals surface area contributed by atoms with Gasteiger partial charge in [-0.1, -0.05) is 0 Å². The van der Waals surface area contributed by atoms with E-state index in [1.54, 1.807) is 0 Å². The van der Waals surface area contributed by atoms with Gasteiger partial charge in [0.15, 0.2) is 0 Å². The summed E-state index contributed by atoms with van der Waals surface area (Å²) >= 11 is 0. The molecule has 1 amide bonds. The molecule has 0 aliphatic carbocycles. The summed E-state index contributed by atoms with van der Waals surface area (Å²) in [6.45, 7) is 6.38. The second-order valence-electron chi connectivity index (χ2n) is 5.67. The number of ether oxygens (including phenoxy) is 1. The number of hydrogen-bond donors (Lipinski definition) is 1. The zero-order chi connectivity index (χ0) is 12.5. The molecule has 2 heterocycles. The van der Waals surface area contributed by atoms with Gasteiger partial charge in [-0.3, -0.25) is 4.79 Å². The highest BCUT2D eigenvalue weighted by Gasteiger charge is 2.41. The van der Waals surface area contributed by atoms with Crippen molar-refractivity contribution in [3.8, 4) is 0 Å². The van der Waals surface area contributed by atoms with Crippen molar-refractivity contribution in [1.29, 1.82) is 0 Å². The van der Waals surface area contributed by atoms with Crippen molar-refractivity contribution in [1.82, 2.24) is 4.90 Å². The molecule has 4 heteroatoms. The molecule has 0 saturated carbocycles. The smallest absolute Gasteiger partial charge is 0.254 e. The predicted molar refractivity (Wildman–Crippen MR) is 66.5 cm³/mol. The summed E-state index contributed by atoms with van der Waals surface area (Å²) in [5.41, 5.74) is 5.35. The quantitative estimate of drug-likeness (QED) is 0.787. The normalized spacial score (nSPS) is 32.8. The summed E-state index contributed by atoms with van der Waals surface area (Å²) < 4.78 is 5.61. The number of amides is 1. The van der Waals surface area contributed by atoms with E-state index in [-0.39, 0.29) is 11.9 Å². The SMILES string of the molecule is CC(N)C1CCN(C(=O)C2(C)CCCO2)CC1. The Morgan fingerprint density at radius 1 is 1.47 bits per heavy atom. The van der Waals surface area contributed by atoms with Crippen molar-refractivity contribution >= 4 is 5.91 Å². The summed E-state index contributed by atoms with van der Waals surface area (Å²) in [5.74, 6) is 0.745. The molecule has 2 aliphatic rings. The number of nitrogens with two attached hydrogens (primary N) is 1. The first-order valence-electron chi connectivity index (χ1n) is 6.72. The van der Waals surface area contributed by atoms with Crippen LogP contribution in [0.2, 0.25) is 0 Å². The van der Waals surface area contributed by atoms with Gasteiger partial charge in [0, 0.05) is 25.7 Å². The molecular formula is C13H24N2O2. The fourth-order valence-electron chi connectivity index (χ4n) is 2.91. The summed E-state index contributed by atoms with van der Waals surface area (Å²) in [7, 11) is 0. The molecule has 2 aliphatic heterocycles. The predicted octanol–water partition coefficient (Wildman–Crippen LogP) is 1.14. The summed E-state index contributed by atoms with van der Waals surface area (Å²) in [4.78, 5) is 14.3. The first-order chi connectivity index (χ1) is 8.03. The number of likely N-dealkylation sites (tertiary alicyclic amines) is 1. The van der Waals surface area contributed by atoms with Gasteiger partial charge in [0.2, 0.25) is 0 Å². The van der Waals surface area contributed by atoms with Crippen LogP contribution in [0.1, 0.15) is 39.5 Å². The number of carbonyl (C=O) groups excluding carboxylic acids is 1. The Morgan fingerprint density at radius 3 is 2.59 bits per heavy atom. The minimum atomic E-state index is -0.554. The van der Waals surface area contributed by atoms with Gasteiger partial charge < -0.3 is 15.4 Å². The number of piperidine rings is 1. The van der Waals surface area contributed by atoms with E-state index in [4.69, 9.17) is 10.5 Å². The molecule has 0 aromatic rings. The average molecular weight is 240 g/mol. The molecule has 0 aromatic heterocycles. The molecule has 2 N–H and O–H groups in total. The van der Waals surface area contributed by atoms with Gasteiger partial charge in [-0.05, 0) is 45.4 Å². The van der Waals surface area contributed by atoms with E-state index in [1.807, 2.05) is 11.8 Å². The maximum Gasteiger partial charge on any atom is 0.254 e. The van der Waals surface area contributed by atoms with E-state index in [0.29, 0.717) is 5.92 Å². The topological polar surface area (TPSA) is 55.6 Å². The third kappa shape index (κ3) is 2.63. The van der Waals surface area contributed by atoms with Crippen LogP contribution in [-0.4, -0.2) is 42.1 Å². The summed E-state index contributed by atoms with van der Waals surface area (Å²) in [6.07, 6.45) is 3.91. The second kappa shape index (κ2) is 4.94. The zero-order valence-corrected chi connectivity index (χ0v) is 10.9. The Labute approximate surface area is 103 Å². The van der Waals surface area contributed by atoms with Gasteiger partial charge in [0.1, 0.15) is 5.60 Å². The Morgan fingerprint density at radius 2 is 2.12 bits per heavy atom. The van der Waals surface area contributed by atoms with E-state index in [0.717, 1.165) is 45.4 Å². The molecule has 4 nitrogen and oxygen atoms in total. The molecule has 17 heavy (non-hydrogen) atoms. The first-order valence-corrected chi connectivity index (χ1v) is 6.72. The van der Waals surface area contributed by atoms with Crippen LogP contribution in [0.4, 0.5) is 0 Å². The van der Waals surface area contributed by atoms with Gasteiger partial charge >= 0.3 is 0 Å². The van der Waals surface area contributed by atoms with E-state index in [9.17, 15) is 4.79 Å². The fraction of sp³-hybridized carbons (Fsp3) is 0.923. The number of carbonyl (C=O) groups is 1. The minimum Gasteiger partial charge on any atom is -0.365 e. The standard InChI is InChI=1S/C13H24N2O2/c1-10(14)11-4-7-15(8-5-11)12(16)13(2)6-3-9-17-13/h10-11H,3-9,14H2,1-2H3. The van der Waals surface area contributed by atoms with Crippen LogP contribution in [-0.2, 0) is 9.53 Å². The lowest BCUT2D eigenvalue weighted by molar-refractivity contribution is -0.152. The van der Waals surface area contributed by atoms with Crippen molar-refractivity contribution in [3.63, 3.8) is 0 Å². The van der Waals surface area contributed by atoms with Gasteiger partial charge in [-0.15, -0.1) is 0 Å². The van der Waals surface area contributed by atoms with E-state index in [2.05, 4.69) is 6.92 Å². The third-order valence-corrected chi connectivity index (χ3v) is 4.24. The van der Waals surface area contributed by atoms with Gasteiger partial charge in [-0.25, -0.2) is 0 Å². The van der Waals surface area contributed by atoms with Crippen molar-refractivity contribution < 1.29 is 9.53 Å². The lowest BCUT2D eigenvalue weighted by atomic mass is 9.90. The Kier molecular flexibility index (Phi) is 3.73. The van der Waals surface area contributed by atoms with Crippen LogP contribution >= 0.6 is 0 Å². The van der Waals surface area contributed by atoms with Crippen molar-refractivity contribution in [2.24, 2.45) is 11.7 Å². The molecule has 0 spiro atoms. The van der Waals surface area contributed by atoms with Crippen molar-refractivity contribution in [2.75, 3.05) is 19.7 Å². The highest BCUT2D eigenvalue weighted by Crippen LogP contribution is 2.29. The largest absolute Gasteiger partial charge is 0.365 e. The maximum atomic E-state index is 12.4. The minimum absolute atomic E-state index is 0.179. The molecule has 0 bridgehead atoms. The van der Waals surface area contributed by atoms with Crippen LogP contribution in [0.5, 0.6) is 0 Å². The van der Waals surface area contributed by atoms with Gasteiger partial charge in [0.05, 0.1) is 0 Å².